The first-order valence-electron chi connectivity index (χ1n) is 8.29. The first-order chi connectivity index (χ1) is 9.91. The van der Waals surface area contributed by atoms with Crippen LogP contribution >= 0.6 is 0 Å². The molecule has 0 aliphatic heterocycles. The number of hydrogen-bond acceptors (Lipinski definition) is 0. The molecule has 20 heavy (non-hydrogen) atoms. The number of unbranched alkanes of at least 4 members (excludes halogenated alkanes) is 8. The summed E-state index contributed by atoms with van der Waals surface area (Å²) in [7, 11) is 0. The third-order valence-corrected chi connectivity index (χ3v) is 3.04. The van der Waals surface area contributed by atoms with Gasteiger partial charge in [0.05, 0.1) is 12.8 Å². The molecule has 0 aromatic heterocycles. The monoisotopic (exact) mass is 270 g/mol. The van der Waals surface area contributed by atoms with Crippen molar-refractivity contribution in [3.05, 3.63) is 0 Å². The van der Waals surface area contributed by atoms with E-state index in [1.165, 1.54) is 51.4 Å². The predicted octanol–water partition coefficient (Wildman–Crippen LogP) is 5.72. The molecule has 0 fully saturated rings. The number of rotatable bonds is 8. The van der Waals surface area contributed by atoms with Crippen LogP contribution < -0.4 is 0 Å². The Hall–Kier alpha value is -1.32. The predicted molar refractivity (Wildman–Crippen MR) is 90.1 cm³/mol. The van der Waals surface area contributed by atoms with Crippen molar-refractivity contribution in [3.8, 4) is 35.5 Å². The van der Waals surface area contributed by atoms with Crippen molar-refractivity contribution in [2.24, 2.45) is 0 Å². The van der Waals surface area contributed by atoms with Crippen molar-refractivity contribution in [2.45, 2.75) is 90.9 Å². The maximum absolute atomic E-state index is 3.20. The molecule has 0 aromatic carbocycles. The second kappa shape index (κ2) is 17.7. The minimum Gasteiger partial charge on any atom is -0.102 e. The summed E-state index contributed by atoms with van der Waals surface area (Å²) in [6, 6.07) is 0. The van der Waals surface area contributed by atoms with E-state index in [1.807, 2.05) is 0 Å². The molecule has 0 unspecified atom stereocenters. The zero-order valence-electron chi connectivity index (χ0n) is 13.5. The van der Waals surface area contributed by atoms with E-state index in [4.69, 9.17) is 0 Å². The molecule has 0 aliphatic rings. The molecular formula is C20H30. The topological polar surface area (TPSA) is 0 Å². The van der Waals surface area contributed by atoms with Crippen molar-refractivity contribution < 1.29 is 0 Å². The fraction of sp³-hybridized carbons (Fsp3) is 0.700. The fourth-order valence-corrected chi connectivity index (χ4v) is 1.80. The quantitative estimate of drug-likeness (QED) is 0.391. The van der Waals surface area contributed by atoms with Crippen molar-refractivity contribution in [1.29, 1.82) is 0 Å². The Morgan fingerprint density at radius 2 is 0.850 bits per heavy atom. The van der Waals surface area contributed by atoms with Crippen LogP contribution in [-0.4, -0.2) is 0 Å². The van der Waals surface area contributed by atoms with Crippen LogP contribution in [-0.2, 0) is 0 Å². The van der Waals surface area contributed by atoms with Crippen LogP contribution in [0.4, 0.5) is 0 Å². The van der Waals surface area contributed by atoms with Crippen LogP contribution in [0.5, 0.6) is 0 Å². The Morgan fingerprint density at radius 3 is 1.40 bits per heavy atom. The van der Waals surface area contributed by atoms with Gasteiger partial charge < -0.3 is 0 Å². The first-order valence-corrected chi connectivity index (χ1v) is 8.29. The summed E-state index contributed by atoms with van der Waals surface area (Å²) < 4.78 is 0. The highest BCUT2D eigenvalue weighted by Gasteiger charge is 1.85. The van der Waals surface area contributed by atoms with Gasteiger partial charge in [0.25, 0.3) is 0 Å². The molecule has 0 nitrogen and oxygen atoms in total. The molecule has 110 valence electrons. The molecule has 0 radical (unpaired) electrons. The fourth-order valence-electron chi connectivity index (χ4n) is 1.80. The maximum Gasteiger partial charge on any atom is 0.0702 e. The summed E-state index contributed by atoms with van der Waals surface area (Å²) in [5.41, 5.74) is 0. The smallest absolute Gasteiger partial charge is 0.0702 e. The summed E-state index contributed by atoms with van der Waals surface area (Å²) >= 11 is 0. The molecule has 0 saturated carbocycles. The normalized spacial score (nSPS) is 8.70. The van der Waals surface area contributed by atoms with E-state index in [2.05, 4.69) is 49.4 Å². The summed E-state index contributed by atoms with van der Waals surface area (Å²) in [5.74, 6) is 18.7. The second-order valence-corrected chi connectivity index (χ2v) is 5.04. The largest absolute Gasteiger partial charge is 0.102 e. The molecule has 0 aromatic rings. The van der Waals surface area contributed by atoms with Crippen molar-refractivity contribution in [3.63, 3.8) is 0 Å². The third-order valence-electron chi connectivity index (χ3n) is 3.04. The average molecular weight is 270 g/mol. The zero-order valence-corrected chi connectivity index (χ0v) is 13.5. The van der Waals surface area contributed by atoms with Gasteiger partial charge in [0.15, 0.2) is 0 Å². The molecular weight excluding hydrogens is 240 g/mol. The Bertz CT molecular complexity index is 369. The molecule has 0 rings (SSSR count). The van der Waals surface area contributed by atoms with Crippen LogP contribution in [0.25, 0.3) is 0 Å². The lowest BCUT2D eigenvalue weighted by Gasteiger charge is -1.94. The molecule has 0 heterocycles. The molecule has 0 aliphatic carbocycles. The van der Waals surface area contributed by atoms with Crippen molar-refractivity contribution in [2.75, 3.05) is 0 Å². The lowest BCUT2D eigenvalue weighted by Crippen LogP contribution is -1.76. The SMILES string of the molecule is CCCCCC#CCC#CCC#CCCCCCCC. The van der Waals surface area contributed by atoms with Gasteiger partial charge in [-0.05, 0) is 12.8 Å². The van der Waals surface area contributed by atoms with E-state index in [1.54, 1.807) is 0 Å². The van der Waals surface area contributed by atoms with Gasteiger partial charge in [-0.2, -0.15) is 0 Å². The number of hydrogen-bond donors (Lipinski definition) is 0. The molecule has 0 saturated heterocycles. The molecule has 0 atom stereocenters. The van der Waals surface area contributed by atoms with Gasteiger partial charge in [-0.3, -0.25) is 0 Å². The van der Waals surface area contributed by atoms with E-state index in [9.17, 15) is 0 Å². The Balaban J connectivity index is 3.40. The van der Waals surface area contributed by atoms with Gasteiger partial charge in [0.2, 0.25) is 0 Å². The van der Waals surface area contributed by atoms with Gasteiger partial charge in [-0.1, -0.05) is 76.1 Å². The molecule has 0 N–H and O–H groups in total. The lowest BCUT2D eigenvalue weighted by atomic mass is 10.1. The molecule has 0 bridgehead atoms. The highest BCUT2D eigenvalue weighted by Crippen LogP contribution is 2.03. The Morgan fingerprint density at radius 1 is 0.450 bits per heavy atom. The van der Waals surface area contributed by atoms with Gasteiger partial charge in [-0.25, -0.2) is 0 Å². The molecule has 0 spiro atoms. The minimum absolute atomic E-state index is 0.699. The van der Waals surface area contributed by atoms with Crippen molar-refractivity contribution >= 4 is 0 Å². The van der Waals surface area contributed by atoms with E-state index < -0.39 is 0 Å². The third kappa shape index (κ3) is 16.7. The van der Waals surface area contributed by atoms with E-state index in [0.717, 1.165) is 12.8 Å². The average Bonchev–Trinajstić information content (AvgIpc) is 2.47. The van der Waals surface area contributed by atoms with Crippen LogP contribution in [0.15, 0.2) is 0 Å². The van der Waals surface area contributed by atoms with Gasteiger partial charge in [0, 0.05) is 12.8 Å². The van der Waals surface area contributed by atoms with Crippen LogP contribution in [0.2, 0.25) is 0 Å². The van der Waals surface area contributed by atoms with Crippen LogP contribution in [0.3, 0.4) is 0 Å². The van der Waals surface area contributed by atoms with Crippen LogP contribution in [0, 0.1) is 35.5 Å². The Labute approximate surface area is 127 Å². The second-order valence-electron chi connectivity index (χ2n) is 5.04. The minimum atomic E-state index is 0.699. The van der Waals surface area contributed by atoms with Crippen molar-refractivity contribution in [1.82, 2.24) is 0 Å². The first kappa shape index (κ1) is 18.7. The summed E-state index contributed by atoms with van der Waals surface area (Å²) in [4.78, 5) is 0. The van der Waals surface area contributed by atoms with Crippen LogP contribution in [0.1, 0.15) is 90.9 Å². The maximum atomic E-state index is 3.20. The highest BCUT2D eigenvalue weighted by atomic mass is 13.9. The Kier molecular flexibility index (Phi) is 16.5. The highest BCUT2D eigenvalue weighted by molar-refractivity contribution is 5.16. The van der Waals surface area contributed by atoms with E-state index in [0.29, 0.717) is 12.8 Å². The van der Waals surface area contributed by atoms with E-state index >= 15 is 0 Å². The van der Waals surface area contributed by atoms with Gasteiger partial charge in [0.1, 0.15) is 0 Å². The molecule has 0 amide bonds. The standard InChI is InChI=1S/C20H30/c1-3-5-7-9-11-13-15-17-19-20-18-16-14-12-10-8-6-4-2/h3-11,13,16,19H2,1-2H3. The summed E-state index contributed by atoms with van der Waals surface area (Å²) in [5, 5.41) is 0. The summed E-state index contributed by atoms with van der Waals surface area (Å²) in [6.45, 7) is 4.46. The van der Waals surface area contributed by atoms with E-state index in [-0.39, 0.29) is 0 Å². The molecule has 0 heteroatoms. The lowest BCUT2D eigenvalue weighted by molar-refractivity contribution is 0.641. The summed E-state index contributed by atoms with van der Waals surface area (Å²) in [6.07, 6.45) is 13.8. The van der Waals surface area contributed by atoms with Gasteiger partial charge in [-0.15, -0.1) is 11.8 Å². The zero-order chi connectivity index (χ0) is 14.7. The van der Waals surface area contributed by atoms with Gasteiger partial charge >= 0.3 is 0 Å².